The van der Waals surface area contributed by atoms with Gasteiger partial charge in [0.25, 0.3) is 11.7 Å². The molecule has 2 fully saturated rings. The number of amides is 1. The first-order valence-electron chi connectivity index (χ1n) is 13.5. The van der Waals surface area contributed by atoms with Gasteiger partial charge in [-0.25, -0.2) is 0 Å². The summed E-state index contributed by atoms with van der Waals surface area (Å²) in [6.45, 7) is 6.47. The first-order valence-corrected chi connectivity index (χ1v) is 13.5. The second-order valence-corrected chi connectivity index (χ2v) is 10.4. The molecule has 9 heteroatoms. The number of benzene rings is 2. The van der Waals surface area contributed by atoms with Crippen molar-refractivity contribution < 1.29 is 38.4 Å². The third kappa shape index (κ3) is 5.54. The van der Waals surface area contributed by atoms with E-state index in [1.807, 2.05) is 6.07 Å². The maximum atomic E-state index is 13.4. The molecule has 2 saturated heterocycles. The smallest absolute Gasteiger partial charge is 0.295 e. The molecule has 5 rings (SSSR count). The lowest BCUT2D eigenvalue weighted by Gasteiger charge is -2.28. The van der Waals surface area contributed by atoms with Gasteiger partial charge in [0, 0.05) is 18.7 Å². The summed E-state index contributed by atoms with van der Waals surface area (Å²) in [4.78, 5) is 28.3. The maximum absolute atomic E-state index is 13.4. The van der Waals surface area contributed by atoms with Gasteiger partial charge < -0.3 is 33.7 Å². The van der Waals surface area contributed by atoms with Crippen molar-refractivity contribution in [1.82, 2.24) is 4.90 Å². The number of likely N-dealkylation sites (tertiary alicyclic amines) is 1. The summed E-state index contributed by atoms with van der Waals surface area (Å²) < 4.78 is 28.6. The molecular weight excluding hydrogens is 502 g/mol. The summed E-state index contributed by atoms with van der Waals surface area (Å²) >= 11 is 0. The fourth-order valence-electron chi connectivity index (χ4n) is 5.15. The summed E-state index contributed by atoms with van der Waals surface area (Å²) in [5, 5.41) is 11.5. The summed E-state index contributed by atoms with van der Waals surface area (Å²) in [6.07, 6.45) is 2.40. The van der Waals surface area contributed by atoms with Crippen LogP contribution in [0.2, 0.25) is 0 Å². The number of carbonyl (C=O) groups excluding carboxylic acids is 2. The van der Waals surface area contributed by atoms with Crippen LogP contribution in [-0.2, 0) is 14.3 Å². The van der Waals surface area contributed by atoms with E-state index in [1.54, 1.807) is 37.4 Å². The van der Waals surface area contributed by atoms with Crippen LogP contribution in [0, 0.1) is 5.92 Å². The van der Waals surface area contributed by atoms with Crippen LogP contribution in [0.3, 0.4) is 0 Å². The van der Waals surface area contributed by atoms with Gasteiger partial charge in [-0.1, -0.05) is 19.9 Å². The van der Waals surface area contributed by atoms with Crippen LogP contribution >= 0.6 is 0 Å². The van der Waals surface area contributed by atoms with E-state index in [4.69, 9.17) is 23.7 Å². The average molecular weight is 538 g/mol. The molecule has 3 heterocycles. The predicted octanol–water partition coefficient (Wildman–Crippen LogP) is 4.49. The normalized spacial score (nSPS) is 22.0. The lowest BCUT2D eigenvalue weighted by Crippen LogP contribution is -2.36. The number of ether oxygens (including phenoxy) is 5. The van der Waals surface area contributed by atoms with Crippen LogP contribution in [-0.4, -0.2) is 67.9 Å². The van der Waals surface area contributed by atoms with E-state index in [0.29, 0.717) is 66.5 Å². The highest BCUT2D eigenvalue weighted by molar-refractivity contribution is 6.46. The minimum Gasteiger partial charge on any atom is -0.507 e. The van der Waals surface area contributed by atoms with Crippen LogP contribution < -0.4 is 18.9 Å². The molecule has 0 radical (unpaired) electrons. The minimum absolute atomic E-state index is 0.00482. The minimum atomic E-state index is -0.832. The largest absolute Gasteiger partial charge is 0.507 e. The predicted molar refractivity (Wildman–Crippen MR) is 143 cm³/mol. The number of Topliss-reactive ketones (excluding diaryl/α,β-unsaturated/α-hetero) is 1. The molecule has 2 aromatic rings. The number of ketones is 1. The molecule has 0 spiro atoms. The number of hydrogen-bond donors (Lipinski definition) is 1. The molecule has 2 aromatic carbocycles. The number of nitrogens with zero attached hydrogens (tertiary/aromatic N) is 1. The Balaban J connectivity index is 1.56. The van der Waals surface area contributed by atoms with E-state index in [9.17, 15) is 14.7 Å². The Morgan fingerprint density at radius 3 is 2.56 bits per heavy atom. The topological polar surface area (TPSA) is 104 Å². The number of fused-ring (bicyclic) bond motifs is 1. The van der Waals surface area contributed by atoms with E-state index in [2.05, 4.69) is 13.8 Å². The lowest BCUT2D eigenvalue weighted by atomic mass is 9.94. The highest BCUT2D eigenvalue weighted by Crippen LogP contribution is 2.43. The SMILES string of the molecule is COc1cc([C@H]2C(=C(O)c3ccc4c(c3)OCCO4)C(=O)C(=O)N2C[C@@H]2CCCO2)ccc1OCCC(C)C. The molecule has 0 aliphatic carbocycles. The second-order valence-electron chi connectivity index (χ2n) is 10.4. The van der Waals surface area contributed by atoms with E-state index in [-0.39, 0.29) is 24.0 Å². The number of rotatable bonds is 9. The molecule has 1 N–H and O–H groups in total. The number of aliphatic hydroxyl groups is 1. The average Bonchev–Trinajstić information content (AvgIpc) is 3.55. The van der Waals surface area contributed by atoms with Gasteiger partial charge >= 0.3 is 0 Å². The molecule has 3 aliphatic rings. The van der Waals surface area contributed by atoms with Crippen molar-refractivity contribution in [1.29, 1.82) is 0 Å². The molecule has 3 aliphatic heterocycles. The van der Waals surface area contributed by atoms with Crippen molar-refractivity contribution >= 4 is 17.4 Å². The van der Waals surface area contributed by atoms with Gasteiger partial charge in [-0.3, -0.25) is 9.59 Å². The van der Waals surface area contributed by atoms with Gasteiger partial charge in [-0.2, -0.15) is 0 Å². The Hall–Kier alpha value is -3.72. The molecule has 0 unspecified atom stereocenters. The van der Waals surface area contributed by atoms with Gasteiger partial charge in [-0.15, -0.1) is 0 Å². The second kappa shape index (κ2) is 11.6. The monoisotopic (exact) mass is 537 g/mol. The Labute approximate surface area is 228 Å². The Bertz CT molecular complexity index is 1260. The molecule has 9 nitrogen and oxygen atoms in total. The molecule has 208 valence electrons. The first kappa shape index (κ1) is 26.9. The number of aliphatic hydroxyl groups excluding tert-OH is 1. The summed E-state index contributed by atoms with van der Waals surface area (Å²) in [5.41, 5.74) is 0.990. The molecule has 0 bridgehead atoms. The zero-order valence-electron chi connectivity index (χ0n) is 22.6. The van der Waals surface area contributed by atoms with Crippen molar-refractivity contribution in [3.8, 4) is 23.0 Å². The van der Waals surface area contributed by atoms with Gasteiger partial charge in [0.05, 0.1) is 31.4 Å². The molecule has 1 amide bonds. The van der Waals surface area contributed by atoms with Crippen molar-refractivity contribution in [3.63, 3.8) is 0 Å². The summed E-state index contributed by atoms with van der Waals surface area (Å²) in [6, 6.07) is 9.49. The lowest BCUT2D eigenvalue weighted by molar-refractivity contribution is -0.140. The molecule has 39 heavy (non-hydrogen) atoms. The zero-order chi connectivity index (χ0) is 27.5. The van der Waals surface area contributed by atoms with E-state index < -0.39 is 17.7 Å². The Kier molecular flexibility index (Phi) is 7.97. The van der Waals surface area contributed by atoms with Crippen molar-refractivity contribution in [2.24, 2.45) is 5.92 Å². The molecule has 2 atom stereocenters. The highest BCUT2D eigenvalue weighted by atomic mass is 16.6. The number of hydrogen-bond acceptors (Lipinski definition) is 8. The third-order valence-corrected chi connectivity index (χ3v) is 7.24. The summed E-state index contributed by atoms with van der Waals surface area (Å²) in [7, 11) is 1.55. The van der Waals surface area contributed by atoms with Crippen molar-refractivity contribution in [2.75, 3.05) is 40.1 Å². The zero-order valence-corrected chi connectivity index (χ0v) is 22.6. The molecular formula is C30H35NO8. The third-order valence-electron chi connectivity index (χ3n) is 7.24. The Morgan fingerprint density at radius 1 is 1.05 bits per heavy atom. The van der Waals surface area contributed by atoms with Crippen LogP contribution in [0.15, 0.2) is 42.0 Å². The van der Waals surface area contributed by atoms with Gasteiger partial charge in [0.1, 0.15) is 19.0 Å². The fourth-order valence-corrected chi connectivity index (χ4v) is 5.15. The maximum Gasteiger partial charge on any atom is 0.295 e. The Morgan fingerprint density at radius 2 is 1.85 bits per heavy atom. The van der Waals surface area contributed by atoms with E-state index >= 15 is 0 Å². The quantitative estimate of drug-likeness (QED) is 0.284. The van der Waals surface area contributed by atoms with Gasteiger partial charge in [-0.05, 0) is 61.1 Å². The number of methoxy groups -OCH3 is 1. The van der Waals surface area contributed by atoms with Crippen LogP contribution in [0.5, 0.6) is 23.0 Å². The van der Waals surface area contributed by atoms with E-state index in [1.165, 1.54) is 4.90 Å². The van der Waals surface area contributed by atoms with Crippen LogP contribution in [0.1, 0.15) is 50.3 Å². The standard InChI is InChI=1S/C30H35NO8/c1-18(2)10-12-37-22-8-6-19(15-24(22)35-3)27-26(29(33)30(34)31(27)17-21-5-4-11-36-21)28(32)20-7-9-23-25(16-20)39-14-13-38-23/h6-9,15-16,18,21,27,32H,4-5,10-14,17H2,1-3H3/t21-,27-/m0/s1. The first-order chi connectivity index (χ1) is 18.9. The van der Waals surface area contributed by atoms with Crippen LogP contribution in [0.25, 0.3) is 5.76 Å². The van der Waals surface area contributed by atoms with Gasteiger partial charge in [0.2, 0.25) is 0 Å². The van der Waals surface area contributed by atoms with Gasteiger partial charge in [0.15, 0.2) is 23.0 Å². The number of carbonyl (C=O) groups is 2. The summed E-state index contributed by atoms with van der Waals surface area (Å²) in [5.74, 6) is 0.885. The van der Waals surface area contributed by atoms with Crippen molar-refractivity contribution in [3.05, 3.63) is 53.1 Å². The molecule has 0 aromatic heterocycles. The van der Waals surface area contributed by atoms with E-state index in [0.717, 1.165) is 19.3 Å². The van der Waals surface area contributed by atoms with Crippen molar-refractivity contribution in [2.45, 2.75) is 45.3 Å². The van der Waals surface area contributed by atoms with Crippen LogP contribution in [0.4, 0.5) is 0 Å². The molecule has 0 saturated carbocycles. The fraction of sp³-hybridized carbons (Fsp3) is 0.467. The highest BCUT2D eigenvalue weighted by Gasteiger charge is 2.47.